The maximum absolute atomic E-state index is 10.4. The molecular formula is C11H14O2S2. The van der Waals surface area contributed by atoms with Crippen LogP contribution in [0.25, 0.3) is 0 Å². The van der Waals surface area contributed by atoms with E-state index < -0.39 is 5.60 Å². The number of thioether (sulfide) groups is 1. The Bertz CT molecular complexity index is 332. The lowest BCUT2D eigenvalue weighted by molar-refractivity contribution is 0.0260. The van der Waals surface area contributed by atoms with Gasteiger partial charge >= 0.3 is 0 Å². The van der Waals surface area contributed by atoms with Crippen LogP contribution in [0.15, 0.2) is 35.5 Å². The van der Waals surface area contributed by atoms with Crippen LogP contribution in [0.3, 0.4) is 0 Å². The minimum Gasteiger partial charge on any atom is -0.466 e. The van der Waals surface area contributed by atoms with Gasteiger partial charge in [-0.25, -0.2) is 0 Å². The van der Waals surface area contributed by atoms with Crippen molar-refractivity contribution < 1.29 is 9.52 Å². The second kappa shape index (κ2) is 5.49. The van der Waals surface area contributed by atoms with Crippen LogP contribution >= 0.6 is 24.0 Å². The SMILES string of the molecule is C=CCC(O)(CC(=S)SC)c1ccco1. The lowest BCUT2D eigenvalue weighted by Gasteiger charge is -2.24. The molecule has 1 heterocycles. The van der Waals surface area contributed by atoms with E-state index in [4.69, 9.17) is 16.6 Å². The largest absolute Gasteiger partial charge is 0.466 e. The summed E-state index contributed by atoms with van der Waals surface area (Å²) in [7, 11) is 0. The summed E-state index contributed by atoms with van der Waals surface area (Å²) < 4.78 is 5.99. The Balaban J connectivity index is 2.88. The van der Waals surface area contributed by atoms with Crippen molar-refractivity contribution in [3.63, 3.8) is 0 Å². The summed E-state index contributed by atoms with van der Waals surface area (Å²) in [4.78, 5) is 0. The normalized spacial score (nSPS) is 14.5. The van der Waals surface area contributed by atoms with E-state index in [1.807, 2.05) is 6.26 Å². The molecule has 1 aromatic rings. The highest BCUT2D eigenvalue weighted by Gasteiger charge is 2.31. The van der Waals surface area contributed by atoms with E-state index in [0.29, 0.717) is 18.6 Å². The number of thiocarbonyl (C=S) groups is 1. The van der Waals surface area contributed by atoms with Crippen molar-refractivity contribution in [3.8, 4) is 0 Å². The van der Waals surface area contributed by atoms with Gasteiger partial charge in [0.05, 0.1) is 10.5 Å². The van der Waals surface area contributed by atoms with Gasteiger partial charge in [0, 0.05) is 12.8 Å². The molecule has 0 saturated heterocycles. The monoisotopic (exact) mass is 242 g/mol. The zero-order chi connectivity index (χ0) is 11.3. The van der Waals surface area contributed by atoms with Crippen molar-refractivity contribution in [1.82, 2.24) is 0 Å². The van der Waals surface area contributed by atoms with Crippen molar-refractivity contribution in [2.24, 2.45) is 0 Å². The fourth-order valence-electron chi connectivity index (χ4n) is 1.35. The second-order valence-corrected chi connectivity index (χ2v) is 4.91. The zero-order valence-corrected chi connectivity index (χ0v) is 10.2. The van der Waals surface area contributed by atoms with Gasteiger partial charge in [-0.3, -0.25) is 0 Å². The lowest BCUT2D eigenvalue weighted by Crippen LogP contribution is -2.26. The van der Waals surface area contributed by atoms with Gasteiger partial charge in [0.25, 0.3) is 0 Å². The summed E-state index contributed by atoms with van der Waals surface area (Å²) in [5, 5.41) is 10.4. The molecule has 1 aromatic heterocycles. The number of hydrogen-bond donors (Lipinski definition) is 1. The predicted octanol–water partition coefficient (Wildman–Crippen LogP) is 3.12. The number of rotatable bonds is 5. The third-order valence-electron chi connectivity index (χ3n) is 2.13. The minimum atomic E-state index is -1.05. The molecule has 0 fully saturated rings. The summed E-state index contributed by atoms with van der Waals surface area (Å²) in [6.07, 6.45) is 5.96. The van der Waals surface area contributed by atoms with E-state index in [1.165, 1.54) is 11.8 Å². The molecule has 0 spiro atoms. The van der Waals surface area contributed by atoms with Gasteiger partial charge in [0.2, 0.25) is 0 Å². The molecule has 0 aliphatic rings. The maximum atomic E-state index is 10.4. The number of aliphatic hydroxyl groups is 1. The van der Waals surface area contributed by atoms with Crippen molar-refractivity contribution >= 4 is 28.2 Å². The van der Waals surface area contributed by atoms with Crippen LogP contribution in [0.5, 0.6) is 0 Å². The fourth-order valence-corrected chi connectivity index (χ4v) is 1.97. The van der Waals surface area contributed by atoms with Crippen LogP contribution in [0.2, 0.25) is 0 Å². The Morgan fingerprint density at radius 1 is 1.80 bits per heavy atom. The van der Waals surface area contributed by atoms with Gasteiger partial charge in [-0.2, -0.15) is 0 Å². The Kier molecular flexibility index (Phi) is 4.57. The third-order valence-corrected chi connectivity index (χ3v) is 3.37. The van der Waals surface area contributed by atoms with Crippen molar-refractivity contribution in [2.45, 2.75) is 18.4 Å². The molecule has 0 aliphatic heterocycles. The first-order valence-corrected chi connectivity index (χ1v) is 6.20. The average Bonchev–Trinajstić information content (AvgIpc) is 2.71. The van der Waals surface area contributed by atoms with Gasteiger partial charge in [0.1, 0.15) is 11.4 Å². The maximum Gasteiger partial charge on any atom is 0.136 e. The van der Waals surface area contributed by atoms with Crippen LogP contribution in [0.1, 0.15) is 18.6 Å². The Labute approximate surface area is 99.4 Å². The first-order chi connectivity index (χ1) is 7.12. The highest BCUT2D eigenvalue weighted by molar-refractivity contribution is 8.22. The van der Waals surface area contributed by atoms with Crippen LogP contribution in [-0.4, -0.2) is 15.6 Å². The molecule has 0 bridgehead atoms. The Morgan fingerprint density at radius 2 is 2.53 bits per heavy atom. The quantitative estimate of drug-likeness (QED) is 0.635. The first-order valence-electron chi connectivity index (χ1n) is 4.56. The van der Waals surface area contributed by atoms with Gasteiger partial charge in [-0.15, -0.1) is 18.3 Å². The molecule has 4 heteroatoms. The molecule has 1 atom stereocenters. The molecule has 1 N–H and O–H groups in total. The standard InChI is InChI=1S/C11H14O2S2/c1-3-6-11(12,8-10(14)15-2)9-5-4-7-13-9/h3-5,7,12H,1,6,8H2,2H3. The summed E-state index contributed by atoms with van der Waals surface area (Å²) in [5.41, 5.74) is -1.05. The van der Waals surface area contributed by atoms with E-state index in [9.17, 15) is 5.11 Å². The van der Waals surface area contributed by atoms with E-state index in [0.717, 1.165) is 4.20 Å². The topological polar surface area (TPSA) is 33.4 Å². The van der Waals surface area contributed by atoms with E-state index in [1.54, 1.807) is 24.5 Å². The number of furan rings is 1. The minimum absolute atomic E-state index is 0.406. The second-order valence-electron chi connectivity index (χ2n) is 3.25. The molecule has 82 valence electrons. The number of hydrogen-bond acceptors (Lipinski definition) is 4. The van der Waals surface area contributed by atoms with E-state index in [2.05, 4.69) is 6.58 Å². The van der Waals surface area contributed by atoms with E-state index in [-0.39, 0.29) is 0 Å². The van der Waals surface area contributed by atoms with E-state index >= 15 is 0 Å². The molecule has 1 rings (SSSR count). The zero-order valence-electron chi connectivity index (χ0n) is 8.60. The molecule has 0 aliphatic carbocycles. The highest BCUT2D eigenvalue weighted by atomic mass is 32.2. The van der Waals surface area contributed by atoms with Crippen LogP contribution in [0, 0.1) is 0 Å². The molecule has 2 nitrogen and oxygen atoms in total. The molecule has 0 radical (unpaired) electrons. The molecular weight excluding hydrogens is 228 g/mol. The molecule has 0 saturated carbocycles. The molecule has 15 heavy (non-hydrogen) atoms. The Hall–Kier alpha value is -0.580. The fraction of sp³-hybridized carbons (Fsp3) is 0.364. The third kappa shape index (κ3) is 3.19. The summed E-state index contributed by atoms with van der Waals surface area (Å²) in [6, 6.07) is 3.51. The van der Waals surface area contributed by atoms with Gasteiger partial charge < -0.3 is 9.52 Å². The van der Waals surface area contributed by atoms with Crippen molar-refractivity contribution in [3.05, 3.63) is 36.8 Å². The lowest BCUT2D eigenvalue weighted by atomic mass is 9.93. The molecule has 0 amide bonds. The Morgan fingerprint density at radius 3 is 3.00 bits per heavy atom. The predicted molar refractivity (Wildman–Crippen MR) is 68.1 cm³/mol. The van der Waals surface area contributed by atoms with Crippen LogP contribution < -0.4 is 0 Å². The smallest absolute Gasteiger partial charge is 0.136 e. The average molecular weight is 242 g/mol. The summed E-state index contributed by atoms with van der Waals surface area (Å²) in [5.74, 6) is 0.541. The van der Waals surface area contributed by atoms with Gasteiger partial charge in [-0.1, -0.05) is 18.3 Å². The first kappa shape index (κ1) is 12.5. The summed E-state index contributed by atoms with van der Waals surface area (Å²) >= 11 is 6.59. The van der Waals surface area contributed by atoms with Gasteiger partial charge in [0.15, 0.2) is 0 Å². The highest BCUT2D eigenvalue weighted by Crippen LogP contribution is 2.31. The summed E-state index contributed by atoms with van der Waals surface area (Å²) in [6.45, 7) is 3.64. The van der Waals surface area contributed by atoms with Crippen molar-refractivity contribution in [2.75, 3.05) is 6.26 Å². The molecule has 1 unspecified atom stereocenters. The van der Waals surface area contributed by atoms with Gasteiger partial charge in [-0.05, 0) is 18.4 Å². The van der Waals surface area contributed by atoms with Crippen LogP contribution in [-0.2, 0) is 5.60 Å². The molecule has 0 aromatic carbocycles. The van der Waals surface area contributed by atoms with Crippen molar-refractivity contribution in [1.29, 1.82) is 0 Å². The van der Waals surface area contributed by atoms with Crippen LogP contribution in [0.4, 0.5) is 0 Å².